The minimum absolute atomic E-state index is 0.0519. The summed E-state index contributed by atoms with van der Waals surface area (Å²) in [6.07, 6.45) is 2.85. The molecular formula is C18H12N4O4S. The smallest absolute Gasteiger partial charge is 0.270 e. The zero-order chi connectivity index (χ0) is 18.4. The molecule has 4 aromatic rings. The van der Waals surface area contributed by atoms with Crippen molar-refractivity contribution < 1.29 is 14.3 Å². The van der Waals surface area contributed by atoms with Crippen LogP contribution in [0.3, 0.4) is 0 Å². The highest BCUT2D eigenvalue weighted by Gasteiger charge is 2.18. The Hall–Kier alpha value is -3.46. The van der Waals surface area contributed by atoms with Crippen molar-refractivity contribution in [1.82, 2.24) is 14.4 Å². The number of amides is 1. The highest BCUT2D eigenvalue weighted by Crippen LogP contribution is 2.37. The lowest BCUT2D eigenvalue weighted by atomic mass is 10.3. The van der Waals surface area contributed by atoms with Gasteiger partial charge in [-0.1, -0.05) is 17.4 Å². The van der Waals surface area contributed by atoms with E-state index in [-0.39, 0.29) is 5.56 Å². The third kappa shape index (κ3) is 2.68. The summed E-state index contributed by atoms with van der Waals surface area (Å²) in [5.74, 6) is 0.739. The Labute approximate surface area is 156 Å². The number of carbonyl (C=O) groups excluding carboxylic acids is 1. The summed E-state index contributed by atoms with van der Waals surface area (Å²) in [4.78, 5) is 33.6. The molecule has 0 spiro atoms. The molecule has 1 N–H and O–H groups in total. The van der Waals surface area contributed by atoms with Crippen LogP contribution >= 0.6 is 11.3 Å². The van der Waals surface area contributed by atoms with E-state index in [0.717, 1.165) is 4.70 Å². The first kappa shape index (κ1) is 15.8. The fourth-order valence-corrected chi connectivity index (χ4v) is 3.74. The van der Waals surface area contributed by atoms with Crippen LogP contribution in [0.15, 0.2) is 47.5 Å². The van der Waals surface area contributed by atoms with E-state index in [0.29, 0.717) is 41.0 Å². The standard InChI is InChI=1S/C18H12N4O4S/c23-16(10-9-19-15-3-1-2-4-22(15)17(10)24)21-18-20-11-7-12-13(8-14(11)27-18)26-6-5-25-12/h1-4,7-9H,5-6H2,(H,20,21,23). The average Bonchev–Trinajstić information content (AvgIpc) is 3.07. The summed E-state index contributed by atoms with van der Waals surface area (Å²) >= 11 is 1.29. The molecule has 27 heavy (non-hydrogen) atoms. The van der Waals surface area contributed by atoms with E-state index < -0.39 is 11.5 Å². The lowest BCUT2D eigenvalue weighted by Crippen LogP contribution is -2.26. The molecule has 3 aromatic heterocycles. The molecule has 0 aliphatic carbocycles. The van der Waals surface area contributed by atoms with Crippen LogP contribution in [0.4, 0.5) is 5.13 Å². The van der Waals surface area contributed by atoms with Gasteiger partial charge in [0.05, 0.1) is 10.2 Å². The van der Waals surface area contributed by atoms with Crippen LogP contribution in [0.2, 0.25) is 0 Å². The Balaban J connectivity index is 1.49. The van der Waals surface area contributed by atoms with Crippen molar-refractivity contribution in [2.75, 3.05) is 18.5 Å². The maximum absolute atomic E-state index is 12.6. The third-order valence-electron chi connectivity index (χ3n) is 4.13. The zero-order valence-corrected chi connectivity index (χ0v) is 14.7. The monoisotopic (exact) mass is 380 g/mol. The molecule has 4 heterocycles. The first-order chi connectivity index (χ1) is 13.2. The zero-order valence-electron chi connectivity index (χ0n) is 13.8. The van der Waals surface area contributed by atoms with E-state index in [9.17, 15) is 9.59 Å². The molecule has 0 fully saturated rings. The number of fused-ring (bicyclic) bond motifs is 3. The van der Waals surface area contributed by atoms with Gasteiger partial charge in [-0.3, -0.25) is 19.3 Å². The number of benzene rings is 1. The second-order valence-corrected chi connectivity index (χ2v) is 6.87. The van der Waals surface area contributed by atoms with Crippen molar-refractivity contribution in [3.63, 3.8) is 0 Å². The van der Waals surface area contributed by atoms with Crippen LogP contribution < -0.4 is 20.3 Å². The number of hydrogen-bond donors (Lipinski definition) is 1. The first-order valence-corrected chi connectivity index (χ1v) is 8.99. The predicted molar refractivity (Wildman–Crippen MR) is 100 cm³/mol. The minimum Gasteiger partial charge on any atom is -0.486 e. The summed E-state index contributed by atoms with van der Waals surface area (Å²) in [6.45, 7) is 0.991. The molecule has 5 rings (SSSR count). The number of ether oxygens (including phenoxy) is 2. The van der Waals surface area contributed by atoms with E-state index in [4.69, 9.17) is 9.47 Å². The Kier molecular flexibility index (Phi) is 3.54. The summed E-state index contributed by atoms with van der Waals surface area (Å²) < 4.78 is 13.3. The number of pyridine rings is 1. The largest absolute Gasteiger partial charge is 0.486 e. The fourth-order valence-electron chi connectivity index (χ4n) is 2.87. The van der Waals surface area contributed by atoms with Gasteiger partial charge in [0.1, 0.15) is 24.4 Å². The van der Waals surface area contributed by atoms with Crippen LogP contribution in [-0.4, -0.2) is 33.5 Å². The van der Waals surface area contributed by atoms with Gasteiger partial charge in [0, 0.05) is 24.5 Å². The Morgan fingerprint density at radius 3 is 2.85 bits per heavy atom. The molecule has 0 saturated heterocycles. The predicted octanol–water partition coefficient (Wildman–Crippen LogP) is 2.33. The Bertz CT molecular complexity index is 1220. The van der Waals surface area contributed by atoms with Crippen molar-refractivity contribution in [2.24, 2.45) is 0 Å². The van der Waals surface area contributed by atoms with Gasteiger partial charge in [-0.05, 0) is 12.1 Å². The number of carbonyl (C=O) groups is 1. The number of nitrogens with zero attached hydrogens (tertiary/aromatic N) is 3. The van der Waals surface area contributed by atoms with Gasteiger partial charge >= 0.3 is 0 Å². The van der Waals surface area contributed by atoms with E-state index in [1.807, 2.05) is 6.07 Å². The van der Waals surface area contributed by atoms with Crippen molar-refractivity contribution >= 4 is 38.2 Å². The molecule has 0 radical (unpaired) electrons. The quantitative estimate of drug-likeness (QED) is 0.574. The molecule has 0 unspecified atom stereocenters. The lowest BCUT2D eigenvalue weighted by Gasteiger charge is -2.17. The summed E-state index contributed by atoms with van der Waals surface area (Å²) in [5, 5.41) is 3.06. The second-order valence-electron chi connectivity index (χ2n) is 5.84. The van der Waals surface area contributed by atoms with Gasteiger partial charge in [0.2, 0.25) is 0 Å². The van der Waals surface area contributed by atoms with E-state index >= 15 is 0 Å². The van der Waals surface area contributed by atoms with Gasteiger partial charge in [-0.2, -0.15) is 0 Å². The number of hydrogen-bond acceptors (Lipinski definition) is 7. The highest BCUT2D eigenvalue weighted by atomic mass is 32.1. The SMILES string of the molecule is O=C(Nc1nc2cc3c(cc2s1)OCCO3)c1cnc2ccccn2c1=O. The summed E-state index contributed by atoms with van der Waals surface area (Å²) in [5.41, 5.74) is 0.679. The topological polar surface area (TPSA) is 94.8 Å². The van der Waals surface area contributed by atoms with Crippen molar-refractivity contribution in [1.29, 1.82) is 0 Å². The van der Waals surface area contributed by atoms with Crippen LogP contribution in [-0.2, 0) is 0 Å². The average molecular weight is 380 g/mol. The van der Waals surface area contributed by atoms with Crippen LogP contribution in [0.25, 0.3) is 15.9 Å². The van der Waals surface area contributed by atoms with E-state index in [2.05, 4.69) is 15.3 Å². The molecule has 1 amide bonds. The van der Waals surface area contributed by atoms with Gasteiger partial charge in [-0.25, -0.2) is 9.97 Å². The maximum Gasteiger partial charge on any atom is 0.270 e. The number of thiazole rings is 1. The Morgan fingerprint density at radius 1 is 1.19 bits per heavy atom. The van der Waals surface area contributed by atoms with Gasteiger partial charge in [-0.15, -0.1) is 0 Å². The third-order valence-corrected chi connectivity index (χ3v) is 5.06. The summed E-state index contributed by atoms with van der Waals surface area (Å²) in [7, 11) is 0. The molecule has 0 saturated carbocycles. The van der Waals surface area contributed by atoms with E-state index in [1.165, 1.54) is 21.9 Å². The molecule has 134 valence electrons. The van der Waals surface area contributed by atoms with Gasteiger partial charge < -0.3 is 9.47 Å². The van der Waals surface area contributed by atoms with Crippen molar-refractivity contribution in [3.05, 3.63) is 58.6 Å². The molecule has 0 atom stereocenters. The molecule has 9 heteroatoms. The second kappa shape index (κ2) is 6.06. The molecule has 1 aliphatic rings. The number of nitrogens with one attached hydrogen (secondary N) is 1. The lowest BCUT2D eigenvalue weighted by molar-refractivity contribution is 0.102. The number of rotatable bonds is 2. The van der Waals surface area contributed by atoms with Crippen LogP contribution in [0.5, 0.6) is 11.5 Å². The summed E-state index contributed by atoms with van der Waals surface area (Å²) in [6, 6.07) is 8.79. The molecule has 1 aromatic carbocycles. The number of anilines is 1. The van der Waals surface area contributed by atoms with Gasteiger partial charge in [0.15, 0.2) is 16.6 Å². The maximum atomic E-state index is 12.6. The first-order valence-electron chi connectivity index (χ1n) is 8.17. The van der Waals surface area contributed by atoms with Gasteiger partial charge in [0.25, 0.3) is 11.5 Å². The number of aromatic nitrogens is 3. The molecule has 1 aliphatic heterocycles. The fraction of sp³-hybridized carbons (Fsp3) is 0.111. The van der Waals surface area contributed by atoms with Crippen LogP contribution in [0.1, 0.15) is 10.4 Å². The van der Waals surface area contributed by atoms with Crippen molar-refractivity contribution in [2.45, 2.75) is 0 Å². The molecule has 8 nitrogen and oxygen atoms in total. The van der Waals surface area contributed by atoms with Crippen LogP contribution in [0, 0.1) is 0 Å². The normalized spacial score (nSPS) is 13.0. The highest BCUT2D eigenvalue weighted by molar-refractivity contribution is 7.22. The Morgan fingerprint density at radius 2 is 2.00 bits per heavy atom. The molecule has 0 bridgehead atoms. The van der Waals surface area contributed by atoms with E-state index in [1.54, 1.807) is 30.5 Å². The minimum atomic E-state index is -0.554. The molecular weight excluding hydrogens is 368 g/mol. The van der Waals surface area contributed by atoms with Crippen molar-refractivity contribution in [3.8, 4) is 11.5 Å².